The second kappa shape index (κ2) is 11.4. The van der Waals surface area contributed by atoms with Crippen LogP contribution in [-0.2, 0) is 13.6 Å². The van der Waals surface area contributed by atoms with Crippen molar-refractivity contribution in [2.24, 2.45) is 13.0 Å². The number of nitrogens with zero attached hydrogens (tertiary/aromatic N) is 7. The van der Waals surface area contributed by atoms with E-state index < -0.39 is 0 Å². The van der Waals surface area contributed by atoms with Gasteiger partial charge in [0.1, 0.15) is 0 Å². The lowest BCUT2D eigenvalue weighted by atomic mass is 9.99. The maximum Gasteiger partial charge on any atom is 0.229 e. The molecule has 4 heterocycles. The lowest BCUT2D eigenvalue weighted by Crippen LogP contribution is -2.34. The number of aliphatic hydroxyl groups is 2. The minimum atomic E-state index is 0.250. The Morgan fingerprint density at radius 1 is 1.17 bits per heavy atom. The zero-order valence-electron chi connectivity index (χ0n) is 17.7. The molecule has 0 radical (unpaired) electrons. The van der Waals surface area contributed by atoms with Gasteiger partial charge in [0.25, 0.3) is 0 Å². The third kappa shape index (κ3) is 6.48. The van der Waals surface area contributed by atoms with Crippen molar-refractivity contribution >= 4 is 22.7 Å². The van der Waals surface area contributed by atoms with Gasteiger partial charge in [0.2, 0.25) is 5.95 Å². The number of rotatable bonds is 4. The third-order valence-electron chi connectivity index (χ3n) is 4.49. The monoisotopic (exact) mass is 404 g/mol. The predicted octanol–water partition coefficient (Wildman–Crippen LogP) is 1.25. The first kappa shape index (κ1) is 22.7. The zero-order chi connectivity index (χ0) is 21.2. The van der Waals surface area contributed by atoms with Gasteiger partial charge in [0.05, 0.1) is 23.5 Å². The van der Waals surface area contributed by atoms with Crippen LogP contribution in [0.3, 0.4) is 0 Å². The summed E-state index contributed by atoms with van der Waals surface area (Å²) in [5, 5.41) is 27.4. The van der Waals surface area contributed by atoms with Gasteiger partial charge in [-0.2, -0.15) is 15.2 Å². The standard InChI is InChI=1S/C16H22N8.C2H6O.CH4O/c1-22-5-3-4-12(9-22)10-24-15-13(7-19-24)6-17-16(21-15)20-14-8-18-23(2)11-14;1-2-3;1-2/h6-8,11-12H,3-5,9-10H2,1-2H3,(H,17,20,21);3H,2H2,1H3;2H,1H3. The van der Waals surface area contributed by atoms with Gasteiger partial charge in [0, 0.05) is 46.2 Å². The molecule has 0 aromatic carbocycles. The smallest absolute Gasteiger partial charge is 0.229 e. The zero-order valence-corrected chi connectivity index (χ0v) is 17.7. The summed E-state index contributed by atoms with van der Waals surface area (Å²) < 4.78 is 3.75. The van der Waals surface area contributed by atoms with Crippen LogP contribution in [0.15, 0.2) is 24.8 Å². The van der Waals surface area contributed by atoms with Crippen molar-refractivity contribution in [1.29, 1.82) is 0 Å². The number of aryl methyl sites for hydroxylation is 1. The summed E-state index contributed by atoms with van der Waals surface area (Å²) in [6.45, 7) is 5.14. The van der Waals surface area contributed by atoms with E-state index in [1.165, 1.54) is 19.4 Å². The Hall–Kier alpha value is -2.56. The Kier molecular flexibility index (Phi) is 8.97. The van der Waals surface area contributed by atoms with Crippen molar-refractivity contribution in [2.45, 2.75) is 26.3 Å². The molecule has 1 unspecified atom stereocenters. The van der Waals surface area contributed by atoms with Crippen LogP contribution in [0.2, 0.25) is 0 Å². The molecule has 4 rings (SSSR count). The van der Waals surface area contributed by atoms with Crippen molar-refractivity contribution < 1.29 is 10.2 Å². The number of nitrogens with one attached hydrogen (secondary N) is 1. The predicted molar refractivity (Wildman–Crippen MR) is 113 cm³/mol. The van der Waals surface area contributed by atoms with Crippen LogP contribution in [0.4, 0.5) is 11.6 Å². The first-order valence-corrected chi connectivity index (χ1v) is 9.77. The van der Waals surface area contributed by atoms with Crippen LogP contribution in [0.1, 0.15) is 19.8 Å². The summed E-state index contributed by atoms with van der Waals surface area (Å²) in [6.07, 6.45) is 9.80. The van der Waals surface area contributed by atoms with Crippen molar-refractivity contribution in [2.75, 3.05) is 39.2 Å². The first-order valence-electron chi connectivity index (χ1n) is 9.77. The molecule has 3 N–H and O–H groups in total. The van der Waals surface area contributed by atoms with Gasteiger partial charge < -0.3 is 20.4 Å². The average molecular weight is 405 g/mol. The van der Waals surface area contributed by atoms with E-state index in [-0.39, 0.29) is 6.61 Å². The number of fused-ring (bicyclic) bond motifs is 1. The highest BCUT2D eigenvalue weighted by atomic mass is 16.2. The van der Waals surface area contributed by atoms with Crippen LogP contribution in [-0.4, -0.2) is 78.5 Å². The van der Waals surface area contributed by atoms with E-state index in [9.17, 15) is 0 Å². The molecule has 29 heavy (non-hydrogen) atoms. The molecule has 0 amide bonds. The summed E-state index contributed by atoms with van der Waals surface area (Å²) in [6, 6.07) is 0. The molecule has 3 aromatic heterocycles. The van der Waals surface area contributed by atoms with Crippen LogP contribution in [0.25, 0.3) is 11.0 Å². The van der Waals surface area contributed by atoms with E-state index in [2.05, 4.69) is 37.4 Å². The number of anilines is 2. The molecule has 160 valence electrons. The van der Waals surface area contributed by atoms with Gasteiger partial charge in [-0.3, -0.25) is 4.68 Å². The van der Waals surface area contributed by atoms with Gasteiger partial charge in [0.15, 0.2) is 5.65 Å². The van der Waals surface area contributed by atoms with Crippen molar-refractivity contribution in [1.82, 2.24) is 34.4 Å². The van der Waals surface area contributed by atoms with E-state index in [1.54, 1.807) is 17.8 Å². The van der Waals surface area contributed by atoms with Crippen molar-refractivity contribution in [3.05, 3.63) is 24.8 Å². The van der Waals surface area contributed by atoms with E-state index in [0.717, 1.165) is 36.9 Å². The van der Waals surface area contributed by atoms with Crippen LogP contribution in [0.5, 0.6) is 0 Å². The molecule has 1 aliphatic rings. The summed E-state index contributed by atoms with van der Waals surface area (Å²) in [7, 11) is 5.07. The molecule has 1 atom stereocenters. The maximum atomic E-state index is 7.57. The molecule has 10 heteroatoms. The SMILES string of the molecule is CCO.CN1CCCC(Cn2ncc3cnc(Nc4cnn(C)c4)nc32)C1.CO. The van der Waals surface area contributed by atoms with Gasteiger partial charge in [-0.15, -0.1) is 0 Å². The Bertz CT molecular complexity index is 863. The van der Waals surface area contributed by atoms with Gasteiger partial charge in [-0.05, 0) is 39.3 Å². The second-order valence-electron chi connectivity index (χ2n) is 6.91. The fraction of sp³-hybridized carbons (Fsp3) is 0.579. The summed E-state index contributed by atoms with van der Waals surface area (Å²) >= 11 is 0. The van der Waals surface area contributed by atoms with Crippen LogP contribution < -0.4 is 5.32 Å². The number of likely N-dealkylation sites (tertiary alicyclic amines) is 1. The topological polar surface area (TPSA) is 117 Å². The fourth-order valence-corrected chi connectivity index (χ4v) is 3.34. The molecule has 1 fully saturated rings. The number of piperidine rings is 1. The Morgan fingerprint density at radius 2 is 1.93 bits per heavy atom. The highest BCUT2D eigenvalue weighted by molar-refractivity contribution is 5.75. The lowest BCUT2D eigenvalue weighted by Gasteiger charge is -2.29. The highest BCUT2D eigenvalue weighted by Crippen LogP contribution is 2.20. The van der Waals surface area contributed by atoms with E-state index >= 15 is 0 Å². The number of hydrogen-bond donors (Lipinski definition) is 3. The maximum absolute atomic E-state index is 7.57. The summed E-state index contributed by atoms with van der Waals surface area (Å²) in [5.41, 5.74) is 1.75. The molecule has 10 nitrogen and oxygen atoms in total. The Labute approximate surface area is 171 Å². The summed E-state index contributed by atoms with van der Waals surface area (Å²) in [5.74, 6) is 1.19. The molecule has 3 aromatic rings. The van der Waals surface area contributed by atoms with E-state index in [1.807, 2.05) is 30.3 Å². The number of aromatic nitrogens is 6. The molecule has 1 saturated heterocycles. The van der Waals surface area contributed by atoms with Crippen LogP contribution in [0, 0.1) is 5.92 Å². The highest BCUT2D eigenvalue weighted by Gasteiger charge is 2.19. The van der Waals surface area contributed by atoms with Crippen molar-refractivity contribution in [3.63, 3.8) is 0 Å². The molecule has 0 saturated carbocycles. The molecular formula is C19H32N8O2. The third-order valence-corrected chi connectivity index (χ3v) is 4.49. The van der Waals surface area contributed by atoms with Crippen molar-refractivity contribution in [3.8, 4) is 0 Å². The molecule has 0 bridgehead atoms. The quantitative estimate of drug-likeness (QED) is 0.595. The first-order chi connectivity index (χ1) is 14.1. The normalized spacial score (nSPS) is 16.6. The average Bonchev–Trinajstić information content (AvgIpc) is 3.30. The molecular weight excluding hydrogens is 372 g/mol. The molecule has 0 aliphatic carbocycles. The Morgan fingerprint density at radius 3 is 2.59 bits per heavy atom. The fourth-order valence-electron chi connectivity index (χ4n) is 3.34. The van der Waals surface area contributed by atoms with E-state index in [4.69, 9.17) is 10.2 Å². The van der Waals surface area contributed by atoms with Gasteiger partial charge in [-0.1, -0.05) is 0 Å². The number of aliphatic hydroxyl groups excluding tert-OH is 2. The summed E-state index contributed by atoms with van der Waals surface area (Å²) in [4.78, 5) is 11.4. The largest absolute Gasteiger partial charge is 0.400 e. The minimum absolute atomic E-state index is 0.250. The number of hydrogen-bond acceptors (Lipinski definition) is 8. The van der Waals surface area contributed by atoms with Gasteiger partial charge in [-0.25, -0.2) is 9.67 Å². The Balaban J connectivity index is 0.000000551. The minimum Gasteiger partial charge on any atom is -0.400 e. The molecule has 0 spiro atoms. The van der Waals surface area contributed by atoms with Gasteiger partial charge >= 0.3 is 0 Å². The molecule has 1 aliphatic heterocycles. The lowest BCUT2D eigenvalue weighted by molar-refractivity contribution is 0.192. The van der Waals surface area contributed by atoms with Crippen LogP contribution >= 0.6 is 0 Å². The second-order valence-corrected chi connectivity index (χ2v) is 6.91. The van der Waals surface area contributed by atoms with E-state index in [0.29, 0.717) is 11.9 Å².